The number of hydrogen-bond donors (Lipinski definition) is 0. The van der Waals surface area contributed by atoms with Crippen molar-refractivity contribution in [3.63, 3.8) is 0 Å². The van der Waals surface area contributed by atoms with E-state index in [-0.39, 0.29) is 5.88 Å². The van der Waals surface area contributed by atoms with Gasteiger partial charge in [-0.3, -0.25) is 0 Å². The van der Waals surface area contributed by atoms with Crippen molar-refractivity contribution in [2.45, 2.75) is 0 Å². The van der Waals surface area contributed by atoms with Gasteiger partial charge >= 0.3 is 0 Å². The van der Waals surface area contributed by atoms with E-state index in [2.05, 4.69) is 14.9 Å². The fourth-order valence-electron chi connectivity index (χ4n) is 0.375. The summed E-state index contributed by atoms with van der Waals surface area (Å²) in [6.07, 6.45) is 1.51. The first-order chi connectivity index (χ1) is 5.47. The maximum atomic E-state index is 6.78. The van der Waals surface area contributed by atoms with Crippen molar-refractivity contribution in [1.82, 2.24) is 10.2 Å². The van der Waals surface area contributed by atoms with E-state index in [1.165, 1.54) is 12.3 Å². The third-order valence-electron chi connectivity index (χ3n) is 0.703. The molecule has 1 aromatic heterocycles. The van der Waals surface area contributed by atoms with Gasteiger partial charge in [-0.15, -0.1) is 5.10 Å². The number of aromatic nitrogens is 2. The Morgan fingerprint density at radius 1 is 1.89 bits per heavy atom. The number of ether oxygens (including phenoxy) is 1. The maximum Gasteiger partial charge on any atom is 0.234 e. The monoisotopic (exact) mass is 239 g/mol. The third kappa shape index (κ3) is 1.78. The van der Waals surface area contributed by atoms with Crippen molar-refractivity contribution in [3.05, 3.63) is 15.8 Å². The number of hydrogen-bond acceptors (Lipinski definition) is 3. The Morgan fingerprint density at radius 3 is 3.44 bits per heavy atom. The summed E-state index contributed by atoms with van der Waals surface area (Å²) < 4.78 is 25.6. The summed E-state index contributed by atoms with van der Waals surface area (Å²) in [5.74, 6) is 0.0156. The van der Waals surface area contributed by atoms with Crippen LogP contribution in [0.15, 0.2) is 12.3 Å². The second-order valence-corrected chi connectivity index (χ2v) is 2.56. The molecule has 1 heterocycles. The van der Waals surface area contributed by atoms with E-state index in [9.17, 15) is 0 Å². The lowest BCUT2D eigenvalue weighted by Crippen LogP contribution is -1.89. The lowest BCUT2D eigenvalue weighted by molar-refractivity contribution is 0.391. The molecule has 9 heavy (non-hydrogen) atoms. The fraction of sp³-hybridized carbons (Fsp3) is 0.200. The lowest BCUT2D eigenvalue weighted by atomic mass is 10.6. The molecule has 48 valence electrons. The summed E-state index contributed by atoms with van der Waals surface area (Å²) in [6, 6.07) is 1.50. The van der Waals surface area contributed by atoms with Gasteiger partial charge in [0.2, 0.25) is 5.88 Å². The highest BCUT2D eigenvalue weighted by atomic mass is 127. The molecule has 4 heteroatoms. The summed E-state index contributed by atoms with van der Waals surface area (Å²) in [7, 11) is -2.46. The largest absolute Gasteiger partial charge is 0.480 e. The van der Waals surface area contributed by atoms with Crippen LogP contribution >= 0.6 is 22.6 Å². The summed E-state index contributed by atoms with van der Waals surface area (Å²) in [5.41, 5.74) is 0. The van der Waals surface area contributed by atoms with Gasteiger partial charge in [0.15, 0.2) is 0 Å². The van der Waals surface area contributed by atoms with Crippen LogP contribution in [0, 0.1) is 3.57 Å². The van der Waals surface area contributed by atoms with Crippen LogP contribution in [0.3, 0.4) is 0 Å². The summed E-state index contributed by atoms with van der Waals surface area (Å²) >= 11 is 1.99. The normalized spacial score (nSPS) is 15.4. The smallest absolute Gasteiger partial charge is 0.234 e. The molecule has 0 saturated carbocycles. The molecule has 0 fully saturated rings. The van der Waals surface area contributed by atoms with Gasteiger partial charge in [0.1, 0.15) is 0 Å². The predicted octanol–water partition coefficient (Wildman–Crippen LogP) is 1.09. The minimum absolute atomic E-state index is 0.0156. The molecule has 0 spiro atoms. The Bertz CT molecular complexity index is 278. The Hall–Kier alpha value is -0.390. The Morgan fingerprint density at radius 2 is 2.78 bits per heavy atom. The zero-order valence-corrected chi connectivity index (χ0v) is 6.49. The molecular weight excluding hydrogens is 231 g/mol. The van der Waals surface area contributed by atoms with Crippen molar-refractivity contribution in [3.8, 4) is 5.88 Å². The second-order valence-electron chi connectivity index (χ2n) is 1.31. The van der Waals surface area contributed by atoms with Gasteiger partial charge < -0.3 is 4.74 Å². The minimum Gasteiger partial charge on any atom is -0.480 e. The quantitative estimate of drug-likeness (QED) is 0.688. The van der Waals surface area contributed by atoms with Gasteiger partial charge in [-0.25, -0.2) is 0 Å². The zero-order valence-electron chi connectivity index (χ0n) is 7.34. The van der Waals surface area contributed by atoms with E-state index in [0.29, 0.717) is 0 Å². The molecule has 1 aromatic rings. The first kappa shape index (κ1) is 3.70. The average molecular weight is 239 g/mol. The highest BCUT2D eigenvalue weighted by Crippen LogP contribution is 2.07. The molecule has 1 rings (SSSR count). The van der Waals surface area contributed by atoms with E-state index >= 15 is 0 Å². The van der Waals surface area contributed by atoms with Crippen LogP contribution in [0.1, 0.15) is 4.11 Å². The average Bonchev–Trinajstić information content (AvgIpc) is 1.82. The van der Waals surface area contributed by atoms with Crippen LogP contribution in [-0.2, 0) is 0 Å². The fourth-order valence-corrected chi connectivity index (χ4v) is 0.766. The molecule has 0 saturated heterocycles. The molecule has 0 radical (unpaired) electrons. The first-order valence-electron chi connectivity index (χ1n) is 3.65. The summed E-state index contributed by atoms with van der Waals surface area (Å²) in [4.78, 5) is 0. The molecule has 3 nitrogen and oxygen atoms in total. The van der Waals surface area contributed by atoms with Gasteiger partial charge in [-0.2, -0.15) is 5.10 Å². The first-order valence-corrected chi connectivity index (χ1v) is 3.22. The van der Waals surface area contributed by atoms with Crippen molar-refractivity contribution < 1.29 is 8.85 Å². The van der Waals surface area contributed by atoms with Crippen LogP contribution in [0.5, 0.6) is 5.88 Å². The highest BCUT2D eigenvalue weighted by Gasteiger charge is 1.91. The maximum absolute atomic E-state index is 6.78. The molecule has 0 aromatic carbocycles. The number of methoxy groups -OCH3 is 1. The van der Waals surface area contributed by atoms with Crippen molar-refractivity contribution in [2.75, 3.05) is 7.04 Å². The third-order valence-corrected chi connectivity index (χ3v) is 1.29. The molecule has 0 atom stereocenters. The Kier molecular flexibility index (Phi) is 1.21. The standard InChI is InChI=1S/C5H5IN2O/c1-9-5-2-4(6)3-7-8-5/h2-3H,1H3/i1D3. The molecule has 0 unspecified atom stereocenters. The van der Waals surface area contributed by atoms with E-state index in [0.717, 1.165) is 3.57 Å². The van der Waals surface area contributed by atoms with Crippen LogP contribution in [-0.4, -0.2) is 17.2 Å². The highest BCUT2D eigenvalue weighted by molar-refractivity contribution is 14.1. The zero-order chi connectivity index (χ0) is 9.19. The summed E-state index contributed by atoms with van der Waals surface area (Å²) in [6.45, 7) is 0. The van der Waals surface area contributed by atoms with Crippen molar-refractivity contribution in [1.29, 1.82) is 0 Å². The van der Waals surface area contributed by atoms with Gasteiger partial charge in [-0.1, -0.05) is 0 Å². The number of nitrogens with zero attached hydrogens (tertiary/aromatic N) is 2. The van der Waals surface area contributed by atoms with Gasteiger partial charge in [0, 0.05) is 9.64 Å². The van der Waals surface area contributed by atoms with E-state index < -0.39 is 7.04 Å². The van der Waals surface area contributed by atoms with Crippen LogP contribution in [0.2, 0.25) is 0 Å². The predicted molar refractivity (Wildman–Crippen MR) is 41.3 cm³/mol. The van der Waals surface area contributed by atoms with E-state index in [1.54, 1.807) is 0 Å². The topological polar surface area (TPSA) is 35.0 Å². The Labute approximate surface area is 70.8 Å². The van der Waals surface area contributed by atoms with Gasteiger partial charge in [0.25, 0.3) is 0 Å². The minimum atomic E-state index is -2.46. The van der Waals surface area contributed by atoms with Crippen LogP contribution in [0.25, 0.3) is 0 Å². The number of rotatable bonds is 1. The lowest BCUT2D eigenvalue weighted by Gasteiger charge is -1.94. The van der Waals surface area contributed by atoms with Crippen molar-refractivity contribution >= 4 is 22.6 Å². The molecule has 0 bridgehead atoms. The van der Waals surface area contributed by atoms with Gasteiger partial charge in [-0.05, 0) is 22.6 Å². The molecule has 0 aliphatic rings. The molecule has 0 aliphatic carbocycles. The molecular formula is C5H5IN2O. The molecule has 0 N–H and O–H groups in total. The van der Waals surface area contributed by atoms with Crippen LogP contribution < -0.4 is 4.74 Å². The molecule has 0 aliphatic heterocycles. The SMILES string of the molecule is [2H]C([2H])([2H])Oc1cc(I)cnn1. The second kappa shape index (κ2) is 2.95. The molecule has 0 amide bonds. The van der Waals surface area contributed by atoms with Crippen LogP contribution in [0.4, 0.5) is 0 Å². The van der Waals surface area contributed by atoms with E-state index in [4.69, 9.17) is 4.11 Å². The Balaban J connectivity index is 2.77. The number of halogens is 1. The van der Waals surface area contributed by atoms with Crippen molar-refractivity contribution in [2.24, 2.45) is 0 Å². The summed E-state index contributed by atoms with van der Waals surface area (Å²) in [5, 5.41) is 7.02. The van der Waals surface area contributed by atoms with E-state index in [1.807, 2.05) is 22.6 Å². The van der Waals surface area contributed by atoms with Gasteiger partial charge in [0.05, 0.1) is 17.3 Å².